The Balaban J connectivity index is 2.01. The van der Waals surface area contributed by atoms with Crippen LogP contribution in [0.5, 0.6) is 11.5 Å². The summed E-state index contributed by atoms with van der Waals surface area (Å²) < 4.78 is 11.0. The average molecular weight is 435 g/mol. The second-order valence-electron chi connectivity index (χ2n) is 6.60. The molecule has 1 aliphatic rings. The van der Waals surface area contributed by atoms with Crippen LogP contribution in [0.4, 0.5) is 0 Å². The molecule has 0 aromatic heterocycles. The topological polar surface area (TPSA) is 67.9 Å². The van der Waals surface area contributed by atoms with Crippen LogP contribution in [0.25, 0.3) is 0 Å². The van der Waals surface area contributed by atoms with E-state index in [1.807, 2.05) is 0 Å². The molecule has 0 saturated carbocycles. The summed E-state index contributed by atoms with van der Waals surface area (Å²) in [7, 11) is 3.44. The Hall–Kier alpha value is -2.70. The van der Waals surface area contributed by atoms with E-state index in [4.69, 9.17) is 32.7 Å². The minimum atomic E-state index is -0.696. The molecule has 3 rings (SSSR count). The molecule has 1 aliphatic heterocycles. The molecule has 1 amide bonds. The fraction of sp³-hybridized carbons (Fsp3) is 0.238. The van der Waals surface area contributed by atoms with Crippen molar-refractivity contribution in [3.05, 3.63) is 69.3 Å². The molecule has 0 spiro atoms. The zero-order chi connectivity index (χ0) is 21.1. The third-order valence-corrected chi connectivity index (χ3v) is 4.67. The van der Waals surface area contributed by atoms with Crippen molar-refractivity contribution in [1.82, 2.24) is 10.2 Å². The number of carbonyl (C=O) groups is 2. The number of benzene rings is 2. The third kappa shape index (κ3) is 4.66. The first-order valence-electron chi connectivity index (χ1n) is 8.93. The van der Waals surface area contributed by atoms with Gasteiger partial charge in [0.15, 0.2) is 0 Å². The van der Waals surface area contributed by atoms with E-state index in [2.05, 4.69) is 5.32 Å². The van der Waals surface area contributed by atoms with Gasteiger partial charge in [-0.2, -0.15) is 0 Å². The molecule has 0 unspecified atom stereocenters. The fourth-order valence-electron chi connectivity index (χ4n) is 2.99. The van der Waals surface area contributed by atoms with Crippen LogP contribution >= 0.6 is 23.2 Å². The predicted molar refractivity (Wildman–Crippen MR) is 111 cm³/mol. The molecule has 2 aromatic carbocycles. The van der Waals surface area contributed by atoms with E-state index in [1.54, 1.807) is 62.3 Å². The van der Waals surface area contributed by atoms with Crippen molar-refractivity contribution in [3.63, 3.8) is 0 Å². The SMILES string of the molecule is CCOC(=O)/C(=C\N(C)C)C(=O)NC1c2ccc(Cl)cc2Oc2cc(Cl)ccc21. The van der Waals surface area contributed by atoms with Crippen molar-refractivity contribution in [2.75, 3.05) is 20.7 Å². The normalized spacial score (nSPS) is 13.1. The summed E-state index contributed by atoms with van der Waals surface area (Å²) in [4.78, 5) is 26.9. The van der Waals surface area contributed by atoms with Crippen LogP contribution in [0.15, 0.2) is 48.2 Å². The lowest BCUT2D eigenvalue weighted by Crippen LogP contribution is -2.35. The van der Waals surface area contributed by atoms with E-state index in [0.29, 0.717) is 32.7 Å². The summed E-state index contributed by atoms with van der Waals surface area (Å²) in [5.74, 6) is -0.247. The Morgan fingerprint density at radius 2 is 1.66 bits per heavy atom. The molecule has 1 N–H and O–H groups in total. The largest absolute Gasteiger partial charge is 0.462 e. The summed E-state index contributed by atoms with van der Waals surface area (Å²) in [5.41, 5.74) is 1.32. The second kappa shape index (κ2) is 8.76. The summed E-state index contributed by atoms with van der Waals surface area (Å²) >= 11 is 12.2. The van der Waals surface area contributed by atoms with Crippen LogP contribution in [-0.2, 0) is 14.3 Å². The van der Waals surface area contributed by atoms with Gasteiger partial charge in [0.1, 0.15) is 17.1 Å². The molecule has 1 heterocycles. The first kappa shape index (κ1) is 21.0. The Morgan fingerprint density at radius 1 is 1.10 bits per heavy atom. The Bertz CT molecular complexity index is 937. The van der Waals surface area contributed by atoms with Crippen molar-refractivity contribution in [3.8, 4) is 11.5 Å². The Kier molecular flexibility index (Phi) is 6.35. The number of nitrogens with one attached hydrogen (secondary N) is 1. The second-order valence-corrected chi connectivity index (χ2v) is 7.47. The molecule has 0 atom stereocenters. The van der Waals surface area contributed by atoms with Gasteiger partial charge in [-0.05, 0) is 31.2 Å². The maximum atomic E-state index is 13.0. The zero-order valence-electron chi connectivity index (χ0n) is 16.2. The Morgan fingerprint density at radius 3 is 2.14 bits per heavy atom. The number of nitrogens with zero attached hydrogens (tertiary/aromatic N) is 1. The molecule has 29 heavy (non-hydrogen) atoms. The van der Waals surface area contributed by atoms with Crippen molar-refractivity contribution in [2.24, 2.45) is 0 Å². The van der Waals surface area contributed by atoms with Crippen molar-refractivity contribution in [2.45, 2.75) is 13.0 Å². The highest BCUT2D eigenvalue weighted by molar-refractivity contribution is 6.31. The Labute approximate surface area is 179 Å². The molecule has 6 nitrogen and oxygen atoms in total. The number of halogens is 2. The van der Waals surface area contributed by atoms with Crippen LogP contribution in [0, 0.1) is 0 Å². The molecule has 2 aromatic rings. The van der Waals surface area contributed by atoms with E-state index < -0.39 is 17.9 Å². The van der Waals surface area contributed by atoms with Gasteiger partial charge in [0.2, 0.25) is 0 Å². The van der Waals surface area contributed by atoms with Gasteiger partial charge in [0.05, 0.1) is 12.6 Å². The number of amides is 1. The van der Waals surface area contributed by atoms with E-state index in [9.17, 15) is 9.59 Å². The minimum Gasteiger partial charge on any atom is -0.462 e. The summed E-state index contributed by atoms with van der Waals surface area (Å²) in [6, 6.07) is 9.76. The van der Waals surface area contributed by atoms with Gasteiger partial charge in [-0.25, -0.2) is 4.79 Å². The maximum absolute atomic E-state index is 13.0. The molecule has 0 aliphatic carbocycles. The molecular formula is C21H20Cl2N2O4. The number of carbonyl (C=O) groups excluding carboxylic acids is 2. The first-order chi connectivity index (χ1) is 13.8. The monoisotopic (exact) mass is 434 g/mol. The molecule has 0 radical (unpaired) electrons. The number of rotatable bonds is 5. The lowest BCUT2D eigenvalue weighted by atomic mass is 9.94. The average Bonchev–Trinajstić information content (AvgIpc) is 2.65. The van der Waals surface area contributed by atoms with Crippen LogP contribution < -0.4 is 10.1 Å². The maximum Gasteiger partial charge on any atom is 0.345 e. The van der Waals surface area contributed by atoms with Gasteiger partial charge in [0, 0.05) is 41.5 Å². The van der Waals surface area contributed by atoms with Crippen molar-refractivity contribution < 1.29 is 19.1 Å². The number of fused-ring (bicyclic) bond motifs is 2. The first-order valence-corrected chi connectivity index (χ1v) is 9.68. The van der Waals surface area contributed by atoms with Gasteiger partial charge in [0.25, 0.3) is 5.91 Å². The zero-order valence-corrected chi connectivity index (χ0v) is 17.7. The quantitative estimate of drug-likeness (QED) is 0.328. The molecule has 0 bridgehead atoms. The summed E-state index contributed by atoms with van der Waals surface area (Å²) in [5, 5.41) is 3.91. The van der Waals surface area contributed by atoms with E-state index in [1.165, 1.54) is 6.20 Å². The van der Waals surface area contributed by atoms with Gasteiger partial charge in [-0.15, -0.1) is 0 Å². The van der Waals surface area contributed by atoms with Crippen molar-refractivity contribution >= 4 is 35.1 Å². The predicted octanol–water partition coefficient (Wildman–Crippen LogP) is 4.31. The van der Waals surface area contributed by atoms with Gasteiger partial charge in [-0.1, -0.05) is 35.3 Å². The van der Waals surface area contributed by atoms with Gasteiger partial charge in [-0.3, -0.25) is 4.79 Å². The number of hydrogen-bond acceptors (Lipinski definition) is 5. The van der Waals surface area contributed by atoms with Crippen LogP contribution in [0.1, 0.15) is 24.1 Å². The van der Waals surface area contributed by atoms with E-state index in [0.717, 1.165) is 0 Å². The lowest BCUT2D eigenvalue weighted by Gasteiger charge is -2.29. The fourth-order valence-corrected chi connectivity index (χ4v) is 3.32. The summed E-state index contributed by atoms with van der Waals surface area (Å²) in [6.07, 6.45) is 1.43. The van der Waals surface area contributed by atoms with Gasteiger partial charge >= 0.3 is 5.97 Å². The van der Waals surface area contributed by atoms with Crippen LogP contribution in [-0.4, -0.2) is 37.5 Å². The van der Waals surface area contributed by atoms with Crippen LogP contribution in [0.3, 0.4) is 0 Å². The number of hydrogen-bond donors (Lipinski definition) is 1. The van der Waals surface area contributed by atoms with E-state index in [-0.39, 0.29) is 12.2 Å². The highest BCUT2D eigenvalue weighted by atomic mass is 35.5. The van der Waals surface area contributed by atoms with Gasteiger partial charge < -0.3 is 19.7 Å². The third-order valence-electron chi connectivity index (χ3n) is 4.20. The molecule has 0 saturated heterocycles. The summed E-state index contributed by atoms with van der Waals surface area (Å²) in [6.45, 7) is 1.85. The molecule has 0 fully saturated rings. The standard InChI is InChI=1S/C21H20Cl2N2O4/c1-4-28-21(27)16(11-25(2)3)20(26)24-19-14-7-5-12(22)9-17(14)29-18-10-13(23)6-8-15(18)19/h5-11,19H,4H2,1-3H3,(H,24,26)/b16-11-. The smallest absolute Gasteiger partial charge is 0.345 e. The van der Waals surface area contributed by atoms with Crippen LogP contribution in [0.2, 0.25) is 10.0 Å². The van der Waals surface area contributed by atoms with Crippen molar-refractivity contribution in [1.29, 1.82) is 0 Å². The minimum absolute atomic E-state index is 0.102. The molecular weight excluding hydrogens is 415 g/mol. The molecule has 8 heteroatoms. The highest BCUT2D eigenvalue weighted by Crippen LogP contribution is 2.44. The van der Waals surface area contributed by atoms with E-state index >= 15 is 0 Å². The highest BCUT2D eigenvalue weighted by Gasteiger charge is 2.31. The lowest BCUT2D eigenvalue weighted by molar-refractivity contribution is -0.140. The number of esters is 1. The molecule has 152 valence electrons. The number of ether oxygens (including phenoxy) is 2.